The fourth-order valence-corrected chi connectivity index (χ4v) is 4.35. The van der Waals surface area contributed by atoms with E-state index < -0.39 is 47.4 Å². The number of fused-ring (bicyclic) bond motifs is 1. The molecule has 4 rings (SSSR count). The van der Waals surface area contributed by atoms with E-state index in [0.29, 0.717) is 10.5 Å². The number of carbonyl (C=O) groups excluding carboxylic acids is 3. The van der Waals surface area contributed by atoms with Crippen LogP contribution >= 0.6 is 11.6 Å². The number of hydrogen-bond acceptors (Lipinski definition) is 3. The van der Waals surface area contributed by atoms with Crippen molar-refractivity contribution < 1.29 is 27.6 Å². The van der Waals surface area contributed by atoms with Gasteiger partial charge in [0, 0.05) is 0 Å². The molecule has 1 heterocycles. The molecule has 2 aromatic carbocycles. The van der Waals surface area contributed by atoms with Gasteiger partial charge in [-0.25, -0.2) is 4.79 Å². The van der Waals surface area contributed by atoms with Crippen molar-refractivity contribution in [1.29, 1.82) is 0 Å². The summed E-state index contributed by atoms with van der Waals surface area (Å²) in [6, 6.07) is 7.86. The number of hydrogen-bond donors (Lipinski definition) is 2. The SMILES string of the molecule is C[C@]1(c2ccc3c(c2)CCC3)NC(=O)N(CC(=O)Nc2c(Cl)cccc2C(F)(F)F)C1=O. The normalized spacial score (nSPS) is 20.3. The Bertz CT molecular complexity index is 1140. The third-order valence-corrected chi connectivity index (χ3v) is 6.15. The monoisotopic (exact) mass is 465 g/mol. The third kappa shape index (κ3) is 3.81. The number of anilines is 1. The van der Waals surface area contributed by atoms with E-state index in [9.17, 15) is 27.6 Å². The Balaban J connectivity index is 1.54. The van der Waals surface area contributed by atoms with Crippen LogP contribution in [-0.4, -0.2) is 29.3 Å². The molecule has 10 heteroatoms. The zero-order valence-corrected chi connectivity index (χ0v) is 17.7. The molecule has 2 N–H and O–H groups in total. The second-order valence-electron chi connectivity index (χ2n) is 7.99. The highest BCUT2D eigenvalue weighted by atomic mass is 35.5. The van der Waals surface area contributed by atoms with Gasteiger partial charge in [-0.05, 0) is 55.0 Å². The largest absolute Gasteiger partial charge is 0.418 e. The molecule has 2 aliphatic rings. The fraction of sp³-hybridized carbons (Fsp3) is 0.318. The maximum Gasteiger partial charge on any atom is 0.418 e. The van der Waals surface area contributed by atoms with Crippen LogP contribution in [0.15, 0.2) is 36.4 Å². The standard InChI is InChI=1S/C22H19ClF3N3O3/c1-21(14-9-8-12-4-2-5-13(12)10-14)19(31)29(20(32)28-21)11-17(30)27-18-15(22(24,25)26)6-3-7-16(18)23/h3,6-10H,2,4-5,11H2,1H3,(H,27,30)(H,28,32)/t21-/m1/s1. The minimum atomic E-state index is -4.75. The number of imide groups is 1. The number of benzene rings is 2. The number of amides is 4. The van der Waals surface area contributed by atoms with Crippen LogP contribution in [0.3, 0.4) is 0 Å². The van der Waals surface area contributed by atoms with Gasteiger partial charge in [-0.2, -0.15) is 13.2 Å². The molecule has 0 aromatic heterocycles. The van der Waals surface area contributed by atoms with Gasteiger partial charge in [0.2, 0.25) is 5.91 Å². The van der Waals surface area contributed by atoms with Crippen molar-refractivity contribution in [2.45, 2.75) is 37.9 Å². The van der Waals surface area contributed by atoms with E-state index in [1.165, 1.54) is 18.6 Å². The van der Waals surface area contributed by atoms with Crippen molar-refractivity contribution in [2.75, 3.05) is 11.9 Å². The lowest BCUT2D eigenvalue weighted by Crippen LogP contribution is -2.42. The number of nitrogens with one attached hydrogen (secondary N) is 2. The second-order valence-corrected chi connectivity index (χ2v) is 8.40. The van der Waals surface area contributed by atoms with Crippen molar-refractivity contribution in [3.63, 3.8) is 0 Å². The Morgan fingerprint density at radius 3 is 2.62 bits per heavy atom. The average Bonchev–Trinajstić information content (AvgIpc) is 3.27. The van der Waals surface area contributed by atoms with Gasteiger partial charge in [0.15, 0.2) is 0 Å². The Morgan fingerprint density at radius 1 is 1.19 bits per heavy atom. The molecule has 168 valence electrons. The number of alkyl halides is 3. The maximum atomic E-state index is 13.3. The lowest BCUT2D eigenvalue weighted by molar-refractivity contribution is -0.137. The molecule has 2 aromatic rings. The molecule has 6 nitrogen and oxygen atoms in total. The van der Waals surface area contributed by atoms with E-state index in [-0.39, 0.29) is 5.02 Å². The molecule has 0 bridgehead atoms. The van der Waals surface area contributed by atoms with Crippen LogP contribution in [0.25, 0.3) is 0 Å². The fourth-order valence-electron chi connectivity index (χ4n) is 4.13. The maximum absolute atomic E-state index is 13.3. The van der Waals surface area contributed by atoms with Crippen molar-refractivity contribution in [1.82, 2.24) is 10.2 Å². The first kappa shape index (κ1) is 22.1. The minimum absolute atomic E-state index is 0.312. The summed E-state index contributed by atoms with van der Waals surface area (Å²) in [6.07, 6.45) is -1.89. The first-order valence-electron chi connectivity index (χ1n) is 9.92. The van der Waals surface area contributed by atoms with E-state index in [2.05, 4.69) is 10.6 Å². The molecular weight excluding hydrogens is 447 g/mol. The van der Waals surface area contributed by atoms with Crippen LogP contribution in [0.2, 0.25) is 5.02 Å². The minimum Gasteiger partial charge on any atom is -0.323 e. The van der Waals surface area contributed by atoms with E-state index in [4.69, 9.17) is 11.6 Å². The van der Waals surface area contributed by atoms with Gasteiger partial charge >= 0.3 is 12.2 Å². The van der Waals surface area contributed by atoms with Crippen LogP contribution in [0.5, 0.6) is 0 Å². The van der Waals surface area contributed by atoms with Crippen molar-refractivity contribution in [3.8, 4) is 0 Å². The van der Waals surface area contributed by atoms with E-state index >= 15 is 0 Å². The summed E-state index contributed by atoms with van der Waals surface area (Å²) in [5.41, 5.74) is -0.231. The summed E-state index contributed by atoms with van der Waals surface area (Å²) in [5, 5.41) is 4.38. The second kappa shape index (κ2) is 7.81. The number of halogens is 4. The van der Waals surface area contributed by atoms with E-state index in [1.54, 1.807) is 6.07 Å². The molecule has 0 saturated carbocycles. The number of urea groups is 1. The number of carbonyl (C=O) groups is 3. The zero-order valence-electron chi connectivity index (χ0n) is 17.0. The predicted octanol–water partition coefficient (Wildman–Crippen LogP) is 4.25. The lowest BCUT2D eigenvalue weighted by atomic mass is 9.89. The molecule has 0 unspecified atom stereocenters. The molecule has 0 radical (unpaired) electrons. The number of rotatable bonds is 4. The lowest BCUT2D eigenvalue weighted by Gasteiger charge is -2.23. The van der Waals surface area contributed by atoms with Crippen molar-refractivity contribution >= 4 is 35.1 Å². The smallest absolute Gasteiger partial charge is 0.323 e. The number of nitrogens with zero attached hydrogens (tertiary/aromatic N) is 1. The van der Waals surface area contributed by atoms with Crippen LogP contribution in [0.4, 0.5) is 23.7 Å². The summed E-state index contributed by atoms with van der Waals surface area (Å²) in [7, 11) is 0. The number of para-hydroxylation sites is 1. The Hall–Kier alpha value is -3.07. The molecule has 1 aliphatic heterocycles. The summed E-state index contributed by atoms with van der Waals surface area (Å²) in [4.78, 5) is 38.7. The van der Waals surface area contributed by atoms with Gasteiger partial charge in [-0.3, -0.25) is 14.5 Å². The van der Waals surface area contributed by atoms with Gasteiger partial charge in [0.1, 0.15) is 12.1 Å². The third-order valence-electron chi connectivity index (χ3n) is 5.84. The quantitative estimate of drug-likeness (QED) is 0.662. The molecular formula is C22H19ClF3N3O3. The van der Waals surface area contributed by atoms with Crippen LogP contribution in [0.1, 0.15) is 35.6 Å². The van der Waals surface area contributed by atoms with E-state index in [1.807, 2.05) is 12.1 Å². The molecule has 1 fully saturated rings. The van der Waals surface area contributed by atoms with Crippen molar-refractivity contribution in [3.05, 3.63) is 63.7 Å². The Labute approximate surface area is 186 Å². The van der Waals surface area contributed by atoms with E-state index in [0.717, 1.165) is 37.0 Å². The molecule has 4 amide bonds. The Kier molecular flexibility index (Phi) is 5.40. The zero-order chi connectivity index (χ0) is 23.3. The molecule has 0 spiro atoms. The van der Waals surface area contributed by atoms with Crippen LogP contribution in [0, 0.1) is 0 Å². The summed E-state index contributed by atoms with van der Waals surface area (Å²) >= 11 is 5.85. The summed E-state index contributed by atoms with van der Waals surface area (Å²) in [5.74, 6) is -1.64. The highest BCUT2D eigenvalue weighted by Gasteiger charge is 2.49. The van der Waals surface area contributed by atoms with Gasteiger partial charge < -0.3 is 10.6 Å². The summed E-state index contributed by atoms with van der Waals surface area (Å²) in [6.45, 7) is 0.783. The van der Waals surface area contributed by atoms with Gasteiger partial charge in [0.05, 0.1) is 16.3 Å². The topological polar surface area (TPSA) is 78.5 Å². The number of aryl methyl sites for hydroxylation is 2. The molecule has 1 atom stereocenters. The van der Waals surface area contributed by atoms with Gasteiger partial charge in [-0.1, -0.05) is 35.9 Å². The molecule has 1 aliphatic carbocycles. The first-order chi connectivity index (χ1) is 15.0. The average molecular weight is 466 g/mol. The van der Waals surface area contributed by atoms with Gasteiger partial charge in [-0.15, -0.1) is 0 Å². The Morgan fingerprint density at radius 2 is 1.91 bits per heavy atom. The van der Waals surface area contributed by atoms with Crippen LogP contribution in [-0.2, 0) is 34.1 Å². The van der Waals surface area contributed by atoms with Crippen LogP contribution < -0.4 is 10.6 Å². The summed E-state index contributed by atoms with van der Waals surface area (Å²) < 4.78 is 39.8. The van der Waals surface area contributed by atoms with Gasteiger partial charge in [0.25, 0.3) is 5.91 Å². The molecule has 32 heavy (non-hydrogen) atoms. The van der Waals surface area contributed by atoms with Crippen molar-refractivity contribution in [2.24, 2.45) is 0 Å². The predicted molar refractivity (Wildman–Crippen MR) is 111 cm³/mol. The molecule has 1 saturated heterocycles. The highest BCUT2D eigenvalue weighted by molar-refractivity contribution is 6.34. The highest BCUT2D eigenvalue weighted by Crippen LogP contribution is 2.38. The first-order valence-corrected chi connectivity index (χ1v) is 10.3.